The van der Waals surface area contributed by atoms with E-state index >= 15 is 0 Å². The van der Waals surface area contributed by atoms with Crippen LogP contribution < -0.4 is 5.32 Å². The van der Waals surface area contributed by atoms with E-state index in [-0.39, 0.29) is 6.61 Å². The van der Waals surface area contributed by atoms with Crippen molar-refractivity contribution in [2.45, 2.75) is 32.0 Å². The predicted octanol–water partition coefficient (Wildman–Crippen LogP) is 4.24. The summed E-state index contributed by atoms with van der Waals surface area (Å²) in [6.45, 7) is 0.116. The number of carbonyl (C=O) groups excluding carboxylic acids is 1. The normalized spacial score (nSPS) is 16.1. The molecular formula is C19H22F3N3O3. The SMILES string of the molecule is O=C(Nc1ccc(CC2CCN(CC(F)(F)F)CC2)cc1)OCc1cnco1. The van der Waals surface area contributed by atoms with Crippen molar-refractivity contribution in [1.29, 1.82) is 0 Å². The number of nitrogens with zero attached hydrogens (tertiary/aromatic N) is 2. The highest BCUT2D eigenvalue weighted by Gasteiger charge is 2.32. The molecule has 1 N–H and O–H groups in total. The molecule has 1 fully saturated rings. The van der Waals surface area contributed by atoms with Crippen molar-refractivity contribution >= 4 is 11.8 Å². The first-order valence-electron chi connectivity index (χ1n) is 9.06. The van der Waals surface area contributed by atoms with E-state index in [4.69, 9.17) is 9.15 Å². The number of carbonyl (C=O) groups is 1. The Balaban J connectivity index is 1.40. The van der Waals surface area contributed by atoms with Gasteiger partial charge >= 0.3 is 12.3 Å². The molecule has 0 radical (unpaired) electrons. The average Bonchev–Trinajstić information content (AvgIpc) is 3.16. The van der Waals surface area contributed by atoms with Gasteiger partial charge < -0.3 is 9.15 Å². The highest BCUT2D eigenvalue weighted by molar-refractivity contribution is 5.84. The number of hydrogen-bond donors (Lipinski definition) is 1. The first-order valence-corrected chi connectivity index (χ1v) is 9.06. The van der Waals surface area contributed by atoms with Crippen LogP contribution in [0, 0.1) is 5.92 Å². The number of oxazole rings is 1. The highest BCUT2D eigenvalue weighted by Crippen LogP contribution is 2.25. The Bertz CT molecular complexity index is 740. The molecule has 2 aromatic rings. The molecule has 1 saturated heterocycles. The number of halogens is 3. The second-order valence-electron chi connectivity index (χ2n) is 6.90. The number of hydrogen-bond acceptors (Lipinski definition) is 5. The molecule has 9 heteroatoms. The molecule has 0 saturated carbocycles. The van der Waals surface area contributed by atoms with Crippen molar-refractivity contribution < 1.29 is 27.1 Å². The van der Waals surface area contributed by atoms with Gasteiger partial charge in [0, 0.05) is 5.69 Å². The summed E-state index contributed by atoms with van der Waals surface area (Å²) >= 11 is 0. The van der Waals surface area contributed by atoms with E-state index < -0.39 is 18.8 Å². The van der Waals surface area contributed by atoms with Crippen LogP contribution in [0.2, 0.25) is 0 Å². The number of aromatic nitrogens is 1. The van der Waals surface area contributed by atoms with Crippen LogP contribution >= 0.6 is 0 Å². The minimum atomic E-state index is -4.13. The summed E-state index contributed by atoms with van der Waals surface area (Å²) in [5.74, 6) is 0.821. The third-order valence-corrected chi connectivity index (χ3v) is 4.66. The van der Waals surface area contributed by atoms with E-state index in [0.29, 0.717) is 30.5 Å². The van der Waals surface area contributed by atoms with Gasteiger partial charge in [-0.15, -0.1) is 0 Å². The van der Waals surface area contributed by atoms with E-state index in [9.17, 15) is 18.0 Å². The van der Waals surface area contributed by atoms with Gasteiger partial charge in [-0.2, -0.15) is 13.2 Å². The molecule has 0 aliphatic carbocycles. The molecule has 0 bridgehead atoms. The van der Waals surface area contributed by atoms with E-state index in [1.54, 1.807) is 12.1 Å². The lowest BCUT2D eigenvalue weighted by atomic mass is 9.90. The van der Waals surface area contributed by atoms with Gasteiger partial charge in [0.25, 0.3) is 0 Å². The van der Waals surface area contributed by atoms with Gasteiger partial charge in [-0.3, -0.25) is 10.2 Å². The number of piperidine rings is 1. The van der Waals surface area contributed by atoms with E-state index in [2.05, 4.69) is 10.3 Å². The fourth-order valence-corrected chi connectivity index (χ4v) is 3.26. The van der Waals surface area contributed by atoms with Crippen LogP contribution in [-0.2, 0) is 17.8 Å². The maximum Gasteiger partial charge on any atom is 0.412 e. The van der Waals surface area contributed by atoms with Crippen LogP contribution in [0.4, 0.5) is 23.7 Å². The van der Waals surface area contributed by atoms with E-state index in [0.717, 1.165) is 24.8 Å². The number of amides is 1. The quantitative estimate of drug-likeness (QED) is 0.790. The molecular weight excluding hydrogens is 375 g/mol. The zero-order valence-electron chi connectivity index (χ0n) is 15.2. The average molecular weight is 397 g/mol. The Morgan fingerprint density at radius 1 is 1.25 bits per heavy atom. The molecule has 3 rings (SSSR count). The van der Waals surface area contributed by atoms with Crippen LogP contribution in [0.5, 0.6) is 0 Å². The van der Waals surface area contributed by atoms with Crippen molar-refractivity contribution in [3.05, 3.63) is 48.2 Å². The van der Waals surface area contributed by atoms with Crippen LogP contribution in [0.3, 0.4) is 0 Å². The van der Waals surface area contributed by atoms with Gasteiger partial charge in [0.15, 0.2) is 18.8 Å². The summed E-state index contributed by atoms with van der Waals surface area (Å²) in [4.78, 5) is 17.0. The maximum atomic E-state index is 12.4. The zero-order valence-corrected chi connectivity index (χ0v) is 15.2. The van der Waals surface area contributed by atoms with Crippen LogP contribution in [0.1, 0.15) is 24.2 Å². The standard InChI is InChI=1S/C19H22F3N3O3/c20-19(21,22)12-25-7-5-15(6-8-25)9-14-1-3-16(4-2-14)24-18(26)27-11-17-10-23-13-28-17/h1-4,10,13,15H,5-9,11-12H2,(H,24,26). The van der Waals surface area contributed by atoms with Crippen molar-refractivity contribution in [1.82, 2.24) is 9.88 Å². The second-order valence-corrected chi connectivity index (χ2v) is 6.90. The number of alkyl halides is 3. The predicted molar refractivity (Wildman–Crippen MR) is 95.7 cm³/mol. The summed E-state index contributed by atoms with van der Waals surface area (Å²) in [6, 6.07) is 7.38. The number of anilines is 1. The molecule has 1 aromatic carbocycles. The minimum absolute atomic E-state index is 0.00302. The summed E-state index contributed by atoms with van der Waals surface area (Å²) in [7, 11) is 0. The van der Waals surface area contributed by atoms with Crippen molar-refractivity contribution in [3.8, 4) is 0 Å². The third-order valence-electron chi connectivity index (χ3n) is 4.66. The number of rotatable bonds is 6. The molecule has 6 nitrogen and oxygen atoms in total. The first-order chi connectivity index (χ1) is 13.4. The number of likely N-dealkylation sites (tertiary alicyclic amines) is 1. The van der Waals surface area contributed by atoms with Gasteiger partial charge in [0.2, 0.25) is 0 Å². The Morgan fingerprint density at radius 3 is 2.57 bits per heavy atom. The van der Waals surface area contributed by atoms with Crippen molar-refractivity contribution in [3.63, 3.8) is 0 Å². The Kier molecular flexibility index (Phi) is 6.56. The fraction of sp³-hybridized carbons (Fsp3) is 0.474. The molecule has 1 amide bonds. The third kappa shape index (κ3) is 6.56. The molecule has 28 heavy (non-hydrogen) atoms. The molecule has 1 aromatic heterocycles. The van der Waals surface area contributed by atoms with Crippen molar-refractivity contribution in [2.75, 3.05) is 25.0 Å². The topological polar surface area (TPSA) is 67.6 Å². The lowest BCUT2D eigenvalue weighted by molar-refractivity contribution is -0.148. The molecule has 0 unspecified atom stereocenters. The largest absolute Gasteiger partial charge is 0.445 e. The maximum absolute atomic E-state index is 12.4. The Labute approximate surface area is 160 Å². The number of benzene rings is 1. The van der Waals surface area contributed by atoms with Crippen molar-refractivity contribution in [2.24, 2.45) is 5.92 Å². The van der Waals surface area contributed by atoms with E-state index in [1.807, 2.05) is 12.1 Å². The number of nitrogens with one attached hydrogen (secondary N) is 1. The second kappa shape index (κ2) is 9.09. The molecule has 1 aliphatic rings. The van der Waals surface area contributed by atoms with Crippen LogP contribution in [-0.4, -0.2) is 41.8 Å². The lowest BCUT2D eigenvalue weighted by Crippen LogP contribution is -2.40. The Hall–Kier alpha value is -2.55. The Morgan fingerprint density at radius 2 is 1.96 bits per heavy atom. The molecule has 0 atom stereocenters. The minimum Gasteiger partial charge on any atom is -0.445 e. The molecule has 152 valence electrons. The molecule has 1 aliphatic heterocycles. The summed E-state index contributed by atoms with van der Waals surface area (Å²) in [6.07, 6.45) is 0.322. The van der Waals surface area contributed by atoms with E-state index in [1.165, 1.54) is 17.5 Å². The summed E-state index contributed by atoms with van der Waals surface area (Å²) < 4.78 is 47.3. The molecule has 2 heterocycles. The summed E-state index contributed by atoms with van der Waals surface area (Å²) in [5, 5.41) is 2.63. The van der Waals surface area contributed by atoms with Gasteiger partial charge in [-0.1, -0.05) is 12.1 Å². The summed E-state index contributed by atoms with van der Waals surface area (Å²) in [5.41, 5.74) is 1.70. The monoisotopic (exact) mass is 397 g/mol. The van der Waals surface area contributed by atoms with Crippen LogP contribution in [0.15, 0.2) is 41.3 Å². The first kappa shape index (κ1) is 20.2. The molecule has 0 spiro atoms. The smallest absolute Gasteiger partial charge is 0.412 e. The van der Waals surface area contributed by atoms with Gasteiger partial charge in [0.1, 0.15) is 0 Å². The van der Waals surface area contributed by atoms with Crippen LogP contribution in [0.25, 0.3) is 0 Å². The highest BCUT2D eigenvalue weighted by atomic mass is 19.4. The van der Waals surface area contributed by atoms with Gasteiger partial charge in [0.05, 0.1) is 12.7 Å². The van der Waals surface area contributed by atoms with Gasteiger partial charge in [-0.05, 0) is 56.0 Å². The van der Waals surface area contributed by atoms with Gasteiger partial charge in [-0.25, -0.2) is 9.78 Å². The number of ether oxygens (including phenoxy) is 1. The zero-order chi connectivity index (χ0) is 20.0. The fourth-order valence-electron chi connectivity index (χ4n) is 3.26. The lowest BCUT2D eigenvalue weighted by Gasteiger charge is -2.32.